The zero-order chi connectivity index (χ0) is 20.1. The summed E-state index contributed by atoms with van der Waals surface area (Å²) in [6.07, 6.45) is 2.46. The van der Waals surface area contributed by atoms with Crippen LogP contribution in [-0.4, -0.2) is 49.5 Å². The van der Waals surface area contributed by atoms with Crippen molar-refractivity contribution in [2.24, 2.45) is 0 Å². The topological polar surface area (TPSA) is 93.0 Å². The van der Waals surface area contributed by atoms with E-state index in [2.05, 4.69) is 20.8 Å². The van der Waals surface area contributed by atoms with Crippen LogP contribution in [0.15, 0.2) is 60.7 Å². The molecule has 1 saturated heterocycles. The summed E-state index contributed by atoms with van der Waals surface area (Å²) >= 11 is 0. The highest BCUT2D eigenvalue weighted by molar-refractivity contribution is 5.97. The molecular formula is C21H22N6O2. The van der Waals surface area contributed by atoms with Gasteiger partial charge in [0.2, 0.25) is 5.91 Å². The van der Waals surface area contributed by atoms with Gasteiger partial charge in [0, 0.05) is 12.1 Å². The SMILES string of the molecule is O=C(NCc1nnnn1-c1ccccc1)C1CCCCN1C(=O)c1ccccc1. The Kier molecular flexibility index (Phi) is 5.60. The predicted octanol–water partition coefficient (Wildman–Crippen LogP) is 1.97. The Morgan fingerprint density at radius 2 is 1.72 bits per heavy atom. The van der Waals surface area contributed by atoms with Gasteiger partial charge >= 0.3 is 0 Å². The third kappa shape index (κ3) is 4.16. The first kappa shape index (κ1) is 18.8. The predicted molar refractivity (Wildman–Crippen MR) is 106 cm³/mol. The zero-order valence-electron chi connectivity index (χ0n) is 15.9. The van der Waals surface area contributed by atoms with E-state index >= 15 is 0 Å². The summed E-state index contributed by atoms with van der Waals surface area (Å²) in [4.78, 5) is 27.5. The summed E-state index contributed by atoms with van der Waals surface area (Å²) in [7, 11) is 0. The number of aromatic nitrogens is 4. The first-order valence-electron chi connectivity index (χ1n) is 9.70. The molecule has 1 atom stereocenters. The first-order valence-corrected chi connectivity index (χ1v) is 9.70. The van der Waals surface area contributed by atoms with E-state index in [-0.39, 0.29) is 18.4 Å². The van der Waals surface area contributed by atoms with Crippen molar-refractivity contribution >= 4 is 11.8 Å². The van der Waals surface area contributed by atoms with Crippen LogP contribution in [-0.2, 0) is 11.3 Å². The van der Waals surface area contributed by atoms with Gasteiger partial charge in [-0.15, -0.1) is 5.10 Å². The lowest BCUT2D eigenvalue weighted by molar-refractivity contribution is -0.126. The maximum Gasteiger partial charge on any atom is 0.254 e. The number of tetrazole rings is 1. The Labute approximate surface area is 168 Å². The fourth-order valence-corrected chi connectivity index (χ4v) is 3.56. The van der Waals surface area contributed by atoms with Gasteiger partial charge in [0.05, 0.1) is 12.2 Å². The number of likely N-dealkylation sites (tertiary alicyclic amines) is 1. The second kappa shape index (κ2) is 8.64. The maximum absolute atomic E-state index is 12.9. The number of benzene rings is 2. The van der Waals surface area contributed by atoms with E-state index in [0.717, 1.165) is 18.5 Å². The lowest BCUT2D eigenvalue weighted by atomic mass is 10.00. The quantitative estimate of drug-likeness (QED) is 0.719. The molecule has 2 aromatic carbocycles. The highest BCUT2D eigenvalue weighted by Crippen LogP contribution is 2.20. The monoisotopic (exact) mass is 390 g/mol. The van der Waals surface area contributed by atoms with E-state index in [1.165, 1.54) is 0 Å². The van der Waals surface area contributed by atoms with Crippen LogP contribution in [0.3, 0.4) is 0 Å². The number of hydrogen-bond donors (Lipinski definition) is 1. The average Bonchev–Trinajstić information content (AvgIpc) is 3.27. The normalized spacial score (nSPS) is 16.4. The van der Waals surface area contributed by atoms with Crippen molar-refractivity contribution < 1.29 is 9.59 Å². The van der Waals surface area contributed by atoms with E-state index in [1.54, 1.807) is 21.7 Å². The molecule has 1 aliphatic heterocycles. The van der Waals surface area contributed by atoms with Crippen molar-refractivity contribution in [1.82, 2.24) is 30.4 Å². The Morgan fingerprint density at radius 3 is 2.48 bits per heavy atom. The smallest absolute Gasteiger partial charge is 0.254 e. The van der Waals surface area contributed by atoms with Crippen LogP contribution in [0.4, 0.5) is 0 Å². The van der Waals surface area contributed by atoms with Crippen molar-refractivity contribution in [2.45, 2.75) is 31.8 Å². The van der Waals surface area contributed by atoms with Gasteiger partial charge in [0.1, 0.15) is 6.04 Å². The molecule has 3 aromatic rings. The molecule has 0 bridgehead atoms. The highest BCUT2D eigenvalue weighted by Gasteiger charge is 2.32. The lowest BCUT2D eigenvalue weighted by Gasteiger charge is -2.34. The van der Waals surface area contributed by atoms with Gasteiger partial charge in [0.15, 0.2) is 5.82 Å². The third-order valence-electron chi connectivity index (χ3n) is 5.04. The summed E-state index contributed by atoms with van der Waals surface area (Å²) in [5, 5.41) is 14.6. The fourth-order valence-electron chi connectivity index (χ4n) is 3.56. The number of hydrogen-bond acceptors (Lipinski definition) is 5. The molecule has 1 aromatic heterocycles. The van der Waals surface area contributed by atoms with Crippen LogP contribution >= 0.6 is 0 Å². The summed E-state index contributed by atoms with van der Waals surface area (Å²) in [6, 6.07) is 18.1. The Bertz CT molecular complexity index is 973. The zero-order valence-corrected chi connectivity index (χ0v) is 15.9. The number of para-hydroxylation sites is 1. The van der Waals surface area contributed by atoms with E-state index in [1.807, 2.05) is 48.5 Å². The van der Waals surface area contributed by atoms with Crippen LogP contribution in [0.1, 0.15) is 35.4 Å². The molecule has 0 radical (unpaired) electrons. The summed E-state index contributed by atoms with van der Waals surface area (Å²) < 4.78 is 1.59. The molecule has 4 rings (SSSR count). The Hall–Kier alpha value is -3.55. The third-order valence-corrected chi connectivity index (χ3v) is 5.04. The van der Waals surface area contributed by atoms with Gasteiger partial charge in [-0.2, -0.15) is 4.68 Å². The fraction of sp³-hybridized carbons (Fsp3) is 0.286. The number of rotatable bonds is 5. The molecule has 148 valence electrons. The molecule has 0 aliphatic carbocycles. The number of nitrogens with one attached hydrogen (secondary N) is 1. The van der Waals surface area contributed by atoms with E-state index in [4.69, 9.17) is 0 Å². The molecule has 2 amide bonds. The van der Waals surface area contributed by atoms with Crippen molar-refractivity contribution in [3.8, 4) is 5.69 Å². The van der Waals surface area contributed by atoms with E-state index in [9.17, 15) is 9.59 Å². The minimum absolute atomic E-state index is 0.112. The average molecular weight is 390 g/mol. The van der Waals surface area contributed by atoms with Gasteiger partial charge in [-0.3, -0.25) is 9.59 Å². The molecule has 8 nitrogen and oxygen atoms in total. The Morgan fingerprint density at radius 1 is 1.00 bits per heavy atom. The molecule has 8 heteroatoms. The van der Waals surface area contributed by atoms with E-state index < -0.39 is 6.04 Å². The molecule has 0 spiro atoms. The number of carbonyl (C=O) groups is 2. The molecule has 1 aliphatic rings. The summed E-state index contributed by atoms with van der Waals surface area (Å²) in [6.45, 7) is 0.762. The van der Waals surface area contributed by atoms with Gasteiger partial charge in [-0.1, -0.05) is 36.4 Å². The minimum atomic E-state index is -0.488. The van der Waals surface area contributed by atoms with Crippen LogP contribution in [0.25, 0.3) is 5.69 Å². The molecular weight excluding hydrogens is 368 g/mol. The summed E-state index contributed by atoms with van der Waals surface area (Å²) in [5.41, 5.74) is 1.42. The Balaban J connectivity index is 1.45. The second-order valence-electron chi connectivity index (χ2n) is 6.94. The summed E-state index contributed by atoms with van der Waals surface area (Å²) in [5.74, 6) is 0.234. The molecule has 2 heterocycles. The maximum atomic E-state index is 12.9. The second-order valence-corrected chi connectivity index (χ2v) is 6.94. The molecule has 1 fully saturated rings. The molecule has 0 saturated carbocycles. The van der Waals surface area contributed by atoms with Gasteiger partial charge in [-0.05, 0) is 54.0 Å². The van der Waals surface area contributed by atoms with Crippen LogP contribution in [0.5, 0.6) is 0 Å². The molecule has 1 unspecified atom stereocenters. The first-order chi connectivity index (χ1) is 14.2. The highest BCUT2D eigenvalue weighted by atomic mass is 16.2. The number of nitrogens with zero attached hydrogens (tertiary/aromatic N) is 5. The van der Waals surface area contributed by atoms with Crippen molar-refractivity contribution in [2.75, 3.05) is 6.54 Å². The van der Waals surface area contributed by atoms with Crippen LogP contribution < -0.4 is 5.32 Å². The van der Waals surface area contributed by atoms with Gasteiger partial charge in [0.25, 0.3) is 5.91 Å². The molecule has 1 N–H and O–H groups in total. The molecule has 29 heavy (non-hydrogen) atoms. The van der Waals surface area contributed by atoms with Crippen molar-refractivity contribution in [3.63, 3.8) is 0 Å². The lowest BCUT2D eigenvalue weighted by Crippen LogP contribution is -2.51. The van der Waals surface area contributed by atoms with Crippen LogP contribution in [0.2, 0.25) is 0 Å². The number of piperidine rings is 1. The largest absolute Gasteiger partial charge is 0.347 e. The van der Waals surface area contributed by atoms with Crippen molar-refractivity contribution in [1.29, 1.82) is 0 Å². The van der Waals surface area contributed by atoms with Crippen LogP contribution in [0, 0.1) is 0 Å². The van der Waals surface area contributed by atoms with Crippen molar-refractivity contribution in [3.05, 3.63) is 72.1 Å². The number of amides is 2. The number of carbonyl (C=O) groups excluding carboxylic acids is 2. The minimum Gasteiger partial charge on any atom is -0.347 e. The van der Waals surface area contributed by atoms with Gasteiger partial charge in [-0.25, -0.2) is 0 Å². The van der Waals surface area contributed by atoms with Gasteiger partial charge < -0.3 is 10.2 Å². The van der Waals surface area contributed by atoms with E-state index in [0.29, 0.717) is 24.4 Å². The standard InChI is InChI=1S/C21H22N6O2/c28-20(22-15-19-23-24-25-27(19)17-11-5-2-6-12-17)18-13-7-8-14-26(18)21(29)16-9-3-1-4-10-16/h1-6,9-12,18H,7-8,13-15H2,(H,22,28).